The second-order valence-electron chi connectivity index (χ2n) is 4.91. The number of halogens is 1. The molecule has 0 unspecified atom stereocenters. The van der Waals surface area contributed by atoms with Crippen LogP contribution in [0.25, 0.3) is 0 Å². The number of hydrogen-bond acceptors (Lipinski definition) is 3. The molecule has 0 amide bonds. The van der Waals surface area contributed by atoms with E-state index in [1.807, 2.05) is 32.0 Å². The maximum atomic E-state index is 10.6. The zero-order chi connectivity index (χ0) is 16.1. The third-order valence-electron chi connectivity index (χ3n) is 3.02. The monoisotopic (exact) mass is 317 g/mol. The Morgan fingerprint density at radius 3 is 2.73 bits per heavy atom. The first-order chi connectivity index (χ1) is 10.5. The quantitative estimate of drug-likeness (QED) is 0.842. The first-order valence-electron chi connectivity index (χ1n) is 6.71. The Morgan fingerprint density at radius 1 is 1.27 bits per heavy atom. The summed E-state index contributed by atoms with van der Waals surface area (Å²) in [6, 6.07) is 10.9. The molecular weight excluding hydrogens is 302 g/mol. The highest BCUT2D eigenvalue weighted by Gasteiger charge is 2.06. The molecule has 0 saturated carbocycles. The second-order valence-corrected chi connectivity index (χ2v) is 5.35. The summed E-state index contributed by atoms with van der Waals surface area (Å²) in [7, 11) is 0. The number of benzene rings is 2. The number of aliphatic carboxylic acids is 1. The molecule has 0 spiro atoms. The first kappa shape index (κ1) is 16.0. The van der Waals surface area contributed by atoms with E-state index >= 15 is 0 Å². The number of rotatable bonds is 5. The Hall–Kier alpha value is -2.33. The minimum Gasteiger partial charge on any atom is -0.481 e. The fourth-order valence-corrected chi connectivity index (χ4v) is 2.16. The molecule has 0 aliphatic rings. The van der Waals surface area contributed by atoms with Crippen molar-refractivity contribution in [3.05, 3.63) is 58.1 Å². The van der Waals surface area contributed by atoms with Gasteiger partial charge < -0.3 is 9.84 Å². The number of aliphatic imine (C=N–C) groups is 1. The van der Waals surface area contributed by atoms with Crippen LogP contribution in [-0.4, -0.2) is 23.9 Å². The van der Waals surface area contributed by atoms with Gasteiger partial charge in [0.1, 0.15) is 5.75 Å². The SMILES string of the molecule is Cc1ccc(N=Cc2cc(Cl)ccc2OCC(=O)O)c(C)c1. The van der Waals surface area contributed by atoms with Gasteiger partial charge in [-0.2, -0.15) is 0 Å². The van der Waals surface area contributed by atoms with Crippen molar-refractivity contribution in [2.75, 3.05) is 6.61 Å². The summed E-state index contributed by atoms with van der Waals surface area (Å²) in [6.45, 7) is 3.60. The smallest absolute Gasteiger partial charge is 0.341 e. The van der Waals surface area contributed by atoms with Crippen LogP contribution in [0.3, 0.4) is 0 Å². The van der Waals surface area contributed by atoms with Crippen molar-refractivity contribution in [3.8, 4) is 5.75 Å². The number of ether oxygens (including phenoxy) is 1. The van der Waals surface area contributed by atoms with Gasteiger partial charge in [-0.15, -0.1) is 0 Å². The van der Waals surface area contributed by atoms with E-state index in [-0.39, 0.29) is 0 Å². The molecular formula is C17H16ClNO3. The number of carboxylic acid groups (broad SMARTS) is 1. The molecule has 0 saturated heterocycles. The van der Waals surface area contributed by atoms with Gasteiger partial charge in [0.15, 0.2) is 6.61 Å². The van der Waals surface area contributed by atoms with Crippen molar-refractivity contribution in [1.29, 1.82) is 0 Å². The fourth-order valence-electron chi connectivity index (χ4n) is 1.98. The summed E-state index contributed by atoms with van der Waals surface area (Å²) in [5, 5.41) is 9.24. The molecule has 0 radical (unpaired) electrons. The summed E-state index contributed by atoms with van der Waals surface area (Å²) < 4.78 is 5.24. The third kappa shape index (κ3) is 4.33. The minimum atomic E-state index is -1.03. The lowest BCUT2D eigenvalue weighted by Gasteiger charge is -2.07. The lowest BCUT2D eigenvalue weighted by Crippen LogP contribution is -2.10. The van der Waals surface area contributed by atoms with Gasteiger partial charge in [0, 0.05) is 16.8 Å². The molecule has 2 aromatic rings. The number of hydrogen-bond donors (Lipinski definition) is 1. The molecule has 0 atom stereocenters. The van der Waals surface area contributed by atoms with Crippen LogP contribution in [0.15, 0.2) is 41.4 Å². The number of aryl methyl sites for hydroxylation is 2. The topological polar surface area (TPSA) is 58.9 Å². The van der Waals surface area contributed by atoms with Crippen LogP contribution >= 0.6 is 11.6 Å². The lowest BCUT2D eigenvalue weighted by atomic mass is 10.1. The summed E-state index contributed by atoms with van der Waals surface area (Å²) >= 11 is 5.98. The van der Waals surface area contributed by atoms with E-state index in [0.29, 0.717) is 16.3 Å². The van der Waals surface area contributed by atoms with Crippen LogP contribution in [0, 0.1) is 13.8 Å². The van der Waals surface area contributed by atoms with E-state index < -0.39 is 12.6 Å². The zero-order valence-corrected chi connectivity index (χ0v) is 13.1. The molecule has 4 nitrogen and oxygen atoms in total. The third-order valence-corrected chi connectivity index (χ3v) is 3.25. The van der Waals surface area contributed by atoms with Crippen LogP contribution in [0.1, 0.15) is 16.7 Å². The molecule has 0 aliphatic heterocycles. The van der Waals surface area contributed by atoms with Gasteiger partial charge in [0.25, 0.3) is 0 Å². The van der Waals surface area contributed by atoms with E-state index in [1.54, 1.807) is 24.4 Å². The van der Waals surface area contributed by atoms with E-state index in [2.05, 4.69) is 4.99 Å². The molecule has 0 aromatic heterocycles. The van der Waals surface area contributed by atoms with Crippen LogP contribution in [0.2, 0.25) is 5.02 Å². The zero-order valence-electron chi connectivity index (χ0n) is 12.3. The molecule has 0 heterocycles. The van der Waals surface area contributed by atoms with Gasteiger partial charge in [0.05, 0.1) is 5.69 Å². The van der Waals surface area contributed by atoms with Crippen molar-refractivity contribution in [2.24, 2.45) is 4.99 Å². The fraction of sp³-hybridized carbons (Fsp3) is 0.176. The van der Waals surface area contributed by atoms with Gasteiger partial charge in [0.2, 0.25) is 0 Å². The maximum absolute atomic E-state index is 10.6. The summed E-state index contributed by atoms with van der Waals surface area (Å²) in [6.07, 6.45) is 1.63. The normalized spacial score (nSPS) is 10.9. The number of carboxylic acids is 1. The van der Waals surface area contributed by atoms with E-state index in [0.717, 1.165) is 11.3 Å². The predicted octanol–water partition coefficient (Wildman–Crippen LogP) is 4.17. The Balaban J connectivity index is 2.28. The van der Waals surface area contributed by atoms with Crippen molar-refractivity contribution >= 4 is 29.5 Å². The molecule has 0 bridgehead atoms. The van der Waals surface area contributed by atoms with Crippen molar-refractivity contribution in [2.45, 2.75) is 13.8 Å². The summed E-state index contributed by atoms with van der Waals surface area (Å²) in [5.41, 5.74) is 3.71. The number of nitrogens with zero attached hydrogens (tertiary/aromatic N) is 1. The Morgan fingerprint density at radius 2 is 2.05 bits per heavy atom. The van der Waals surface area contributed by atoms with Gasteiger partial charge in [-0.3, -0.25) is 4.99 Å². The largest absolute Gasteiger partial charge is 0.481 e. The van der Waals surface area contributed by atoms with Crippen molar-refractivity contribution in [1.82, 2.24) is 0 Å². The molecule has 0 aliphatic carbocycles. The predicted molar refractivity (Wildman–Crippen MR) is 87.8 cm³/mol. The van der Waals surface area contributed by atoms with Crippen LogP contribution < -0.4 is 4.74 Å². The van der Waals surface area contributed by atoms with Gasteiger partial charge >= 0.3 is 5.97 Å². The first-order valence-corrected chi connectivity index (χ1v) is 7.09. The highest BCUT2D eigenvalue weighted by molar-refractivity contribution is 6.30. The molecule has 0 fully saturated rings. The van der Waals surface area contributed by atoms with Crippen molar-refractivity contribution in [3.63, 3.8) is 0 Å². The Labute approximate surface area is 134 Å². The standard InChI is InChI=1S/C17H16ClNO3/c1-11-3-5-15(12(2)7-11)19-9-13-8-14(18)4-6-16(13)22-10-17(20)21/h3-9H,10H2,1-2H3,(H,20,21). The lowest BCUT2D eigenvalue weighted by molar-refractivity contribution is -0.139. The molecule has 5 heteroatoms. The molecule has 114 valence electrons. The average molecular weight is 318 g/mol. The van der Waals surface area contributed by atoms with Gasteiger partial charge in [-0.1, -0.05) is 29.3 Å². The average Bonchev–Trinajstić information content (AvgIpc) is 2.45. The van der Waals surface area contributed by atoms with Crippen molar-refractivity contribution < 1.29 is 14.6 Å². The Kier molecular flexibility index (Phi) is 5.17. The van der Waals surface area contributed by atoms with Crippen LogP contribution in [-0.2, 0) is 4.79 Å². The van der Waals surface area contributed by atoms with Crippen LogP contribution in [0.4, 0.5) is 5.69 Å². The van der Waals surface area contributed by atoms with Gasteiger partial charge in [-0.05, 0) is 43.7 Å². The van der Waals surface area contributed by atoms with E-state index in [4.69, 9.17) is 21.4 Å². The highest BCUT2D eigenvalue weighted by atomic mass is 35.5. The van der Waals surface area contributed by atoms with Crippen LogP contribution in [0.5, 0.6) is 5.75 Å². The Bertz CT molecular complexity index is 726. The van der Waals surface area contributed by atoms with E-state index in [9.17, 15) is 4.79 Å². The second kappa shape index (κ2) is 7.09. The molecule has 1 N–H and O–H groups in total. The van der Waals surface area contributed by atoms with E-state index in [1.165, 1.54) is 5.56 Å². The summed E-state index contributed by atoms with van der Waals surface area (Å²) in [4.78, 5) is 15.1. The summed E-state index contributed by atoms with van der Waals surface area (Å²) in [5.74, 6) is -0.604. The molecule has 22 heavy (non-hydrogen) atoms. The molecule has 2 rings (SSSR count). The van der Waals surface area contributed by atoms with Gasteiger partial charge in [-0.25, -0.2) is 4.79 Å². The highest BCUT2D eigenvalue weighted by Crippen LogP contribution is 2.24. The molecule has 2 aromatic carbocycles. The maximum Gasteiger partial charge on any atom is 0.341 e. The number of carbonyl (C=O) groups is 1. The minimum absolute atomic E-state index is 0.411.